The molecule has 1 aliphatic rings. The number of anilines is 1. The van der Waals surface area contributed by atoms with Gasteiger partial charge in [-0.3, -0.25) is 5.32 Å². The third kappa shape index (κ3) is 4.68. The average Bonchev–Trinajstić information content (AvgIpc) is 2.81. The second-order valence-corrected chi connectivity index (χ2v) is 6.62. The summed E-state index contributed by atoms with van der Waals surface area (Å²) in [6.07, 6.45) is -0.676. The van der Waals surface area contributed by atoms with Crippen LogP contribution in [-0.4, -0.2) is 51.5 Å². The Bertz CT molecular complexity index is 618. The fraction of sp³-hybridized carbons (Fsp3) is 0.667. The second-order valence-electron chi connectivity index (χ2n) is 6.62. The molecule has 0 saturated carbocycles. The van der Waals surface area contributed by atoms with Crippen LogP contribution >= 0.6 is 0 Å². The number of aliphatic hydroxyl groups excluding tert-OH is 1. The van der Waals surface area contributed by atoms with Gasteiger partial charge in [0.25, 0.3) is 0 Å². The molecule has 1 aromatic heterocycles. The van der Waals surface area contributed by atoms with Crippen molar-refractivity contribution in [2.24, 2.45) is 0 Å². The van der Waals surface area contributed by atoms with Crippen LogP contribution in [0.2, 0.25) is 0 Å². The number of esters is 1. The number of aromatic nitrogens is 2. The number of nitrogens with one attached hydrogen (secondary N) is 2. The molecule has 2 rings (SSSR count). The summed E-state index contributed by atoms with van der Waals surface area (Å²) >= 11 is 0. The predicted octanol–water partition coefficient (Wildman–Crippen LogP) is 0.871. The Morgan fingerprint density at radius 1 is 1.46 bits per heavy atom. The zero-order chi connectivity index (χ0) is 17.9. The Hall–Kier alpha value is -2.13. The Morgan fingerprint density at radius 2 is 2.17 bits per heavy atom. The highest BCUT2D eigenvalue weighted by Crippen LogP contribution is 2.23. The van der Waals surface area contributed by atoms with Crippen molar-refractivity contribution in [2.75, 3.05) is 18.5 Å². The number of aliphatic hydroxyl groups is 1. The molecule has 0 bridgehead atoms. The summed E-state index contributed by atoms with van der Waals surface area (Å²) in [4.78, 5) is 28.7. The van der Waals surface area contributed by atoms with Crippen LogP contribution in [0.3, 0.4) is 0 Å². The van der Waals surface area contributed by atoms with E-state index < -0.39 is 23.7 Å². The van der Waals surface area contributed by atoms with E-state index in [1.807, 2.05) is 0 Å². The van der Waals surface area contributed by atoms with Crippen LogP contribution in [0, 0.1) is 0 Å². The lowest BCUT2D eigenvalue weighted by atomic mass is 10.2. The van der Waals surface area contributed by atoms with Gasteiger partial charge in [-0.1, -0.05) is 0 Å². The highest BCUT2D eigenvalue weighted by atomic mass is 16.6. The zero-order valence-electron chi connectivity index (χ0n) is 14.4. The molecule has 9 nitrogen and oxygen atoms in total. The van der Waals surface area contributed by atoms with Crippen LogP contribution in [0.25, 0.3) is 0 Å². The summed E-state index contributed by atoms with van der Waals surface area (Å²) in [5.74, 6) is 0.106. The van der Waals surface area contributed by atoms with E-state index in [2.05, 4.69) is 15.6 Å². The molecule has 24 heavy (non-hydrogen) atoms. The second kappa shape index (κ2) is 7.18. The van der Waals surface area contributed by atoms with Crippen molar-refractivity contribution in [3.63, 3.8) is 0 Å². The molecular weight excluding hydrogens is 316 g/mol. The van der Waals surface area contributed by atoms with E-state index in [1.54, 1.807) is 32.3 Å². The maximum absolute atomic E-state index is 12.5. The van der Waals surface area contributed by atoms with Crippen molar-refractivity contribution in [3.8, 4) is 0 Å². The lowest BCUT2D eigenvalue weighted by Gasteiger charge is -2.21. The standard InChI is InChI=1S/C15H24N4O5/c1-9(20)7-16-14(22)18-12-11(13(21)24-15(2,3)4)19-5-6-23-8-10(19)17-12/h9,20H,5-8H2,1-4H3,(H2,16,18,22)/t9-/m1/s1. The summed E-state index contributed by atoms with van der Waals surface area (Å²) in [6.45, 7) is 8.11. The first kappa shape index (κ1) is 18.2. The van der Waals surface area contributed by atoms with Crippen molar-refractivity contribution in [1.82, 2.24) is 14.9 Å². The number of carbonyl (C=O) groups excluding carboxylic acids is 2. The van der Waals surface area contributed by atoms with Crippen molar-refractivity contribution in [1.29, 1.82) is 0 Å². The normalized spacial score (nSPS) is 15.4. The summed E-state index contributed by atoms with van der Waals surface area (Å²) in [6, 6.07) is -0.558. The minimum absolute atomic E-state index is 0.0876. The van der Waals surface area contributed by atoms with Gasteiger partial charge in [0.1, 0.15) is 18.0 Å². The number of nitrogens with zero attached hydrogens (tertiary/aromatic N) is 2. The van der Waals surface area contributed by atoms with Gasteiger partial charge < -0.3 is 24.5 Å². The first-order chi connectivity index (χ1) is 11.2. The molecule has 0 radical (unpaired) electrons. The minimum Gasteiger partial charge on any atom is -0.455 e. The molecule has 1 aliphatic heterocycles. The number of rotatable bonds is 4. The number of carbonyl (C=O) groups is 2. The molecule has 0 unspecified atom stereocenters. The van der Waals surface area contributed by atoms with E-state index in [0.29, 0.717) is 19.0 Å². The van der Waals surface area contributed by atoms with Crippen LogP contribution in [0.4, 0.5) is 10.6 Å². The van der Waals surface area contributed by atoms with Crippen molar-refractivity contribution < 1.29 is 24.2 Å². The maximum Gasteiger partial charge on any atom is 0.359 e. The quantitative estimate of drug-likeness (QED) is 0.701. The lowest BCUT2D eigenvalue weighted by molar-refractivity contribution is 0.00502. The molecule has 1 aromatic rings. The van der Waals surface area contributed by atoms with E-state index in [0.717, 1.165) is 0 Å². The molecule has 9 heteroatoms. The zero-order valence-corrected chi connectivity index (χ0v) is 14.4. The van der Waals surface area contributed by atoms with Gasteiger partial charge in [0.15, 0.2) is 11.5 Å². The van der Waals surface area contributed by atoms with Crippen molar-refractivity contribution in [3.05, 3.63) is 11.5 Å². The van der Waals surface area contributed by atoms with E-state index in [4.69, 9.17) is 9.47 Å². The van der Waals surface area contributed by atoms with Gasteiger partial charge in [-0.15, -0.1) is 0 Å². The number of amides is 2. The summed E-state index contributed by atoms with van der Waals surface area (Å²) in [5.41, 5.74) is -0.478. The summed E-state index contributed by atoms with van der Waals surface area (Å²) < 4.78 is 12.4. The summed E-state index contributed by atoms with van der Waals surface area (Å²) in [5, 5.41) is 14.3. The molecule has 2 amide bonds. The number of hydrogen-bond acceptors (Lipinski definition) is 6. The minimum atomic E-state index is -0.676. The van der Waals surface area contributed by atoms with Crippen molar-refractivity contribution in [2.45, 2.75) is 52.6 Å². The van der Waals surface area contributed by atoms with E-state index in [9.17, 15) is 14.7 Å². The molecule has 0 aromatic carbocycles. The molecular formula is C15H24N4O5. The number of ether oxygens (including phenoxy) is 2. The topological polar surface area (TPSA) is 115 Å². The van der Waals surface area contributed by atoms with E-state index in [-0.39, 0.29) is 24.7 Å². The predicted molar refractivity (Wildman–Crippen MR) is 85.8 cm³/mol. The van der Waals surface area contributed by atoms with Gasteiger partial charge in [-0.2, -0.15) is 0 Å². The van der Waals surface area contributed by atoms with Crippen molar-refractivity contribution >= 4 is 17.8 Å². The lowest BCUT2D eigenvalue weighted by Crippen LogP contribution is -2.35. The Kier molecular flexibility index (Phi) is 5.45. The largest absolute Gasteiger partial charge is 0.455 e. The number of imidazole rings is 1. The fourth-order valence-electron chi connectivity index (χ4n) is 2.18. The van der Waals surface area contributed by atoms with Gasteiger partial charge in [0.2, 0.25) is 0 Å². The molecule has 1 atom stereocenters. The van der Waals surface area contributed by atoms with Gasteiger partial charge in [-0.05, 0) is 27.7 Å². The van der Waals surface area contributed by atoms with Crippen LogP contribution in [-0.2, 0) is 22.6 Å². The number of urea groups is 1. The molecule has 3 N–H and O–H groups in total. The Morgan fingerprint density at radius 3 is 2.79 bits per heavy atom. The first-order valence-corrected chi connectivity index (χ1v) is 7.81. The van der Waals surface area contributed by atoms with Crippen LogP contribution < -0.4 is 10.6 Å². The number of hydrogen-bond donors (Lipinski definition) is 3. The maximum atomic E-state index is 12.5. The first-order valence-electron chi connectivity index (χ1n) is 7.81. The highest BCUT2D eigenvalue weighted by molar-refractivity contribution is 5.98. The molecule has 134 valence electrons. The van der Waals surface area contributed by atoms with Gasteiger partial charge in [0.05, 0.1) is 12.7 Å². The molecule has 2 heterocycles. The summed E-state index contributed by atoms with van der Waals surface area (Å²) in [7, 11) is 0. The van der Waals surface area contributed by atoms with Crippen LogP contribution in [0.1, 0.15) is 44.0 Å². The van der Waals surface area contributed by atoms with Crippen LogP contribution in [0.15, 0.2) is 0 Å². The Labute approximate surface area is 140 Å². The Balaban J connectivity index is 2.25. The monoisotopic (exact) mass is 340 g/mol. The average molecular weight is 340 g/mol. The molecule has 0 saturated heterocycles. The van der Waals surface area contributed by atoms with Gasteiger partial charge in [0, 0.05) is 13.1 Å². The van der Waals surface area contributed by atoms with E-state index in [1.165, 1.54) is 0 Å². The highest BCUT2D eigenvalue weighted by Gasteiger charge is 2.29. The van der Waals surface area contributed by atoms with Gasteiger partial charge in [-0.25, -0.2) is 14.6 Å². The van der Waals surface area contributed by atoms with Gasteiger partial charge >= 0.3 is 12.0 Å². The van der Waals surface area contributed by atoms with E-state index >= 15 is 0 Å². The third-order valence-corrected chi connectivity index (χ3v) is 3.12. The fourth-order valence-corrected chi connectivity index (χ4v) is 2.18. The molecule has 0 fully saturated rings. The smallest absolute Gasteiger partial charge is 0.359 e. The molecule has 0 aliphatic carbocycles. The number of fused-ring (bicyclic) bond motifs is 1. The SMILES string of the molecule is C[C@@H](O)CNC(=O)Nc1nc2n(c1C(=O)OC(C)(C)C)CCOC2. The van der Waals surface area contributed by atoms with Crippen LogP contribution in [0.5, 0.6) is 0 Å². The molecule has 0 spiro atoms. The third-order valence-electron chi connectivity index (χ3n) is 3.12.